The van der Waals surface area contributed by atoms with Crippen LogP contribution in [0.3, 0.4) is 0 Å². The lowest BCUT2D eigenvalue weighted by Gasteiger charge is -2.10. The number of rotatable bonds is 4. The molecule has 17 heavy (non-hydrogen) atoms. The van der Waals surface area contributed by atoms with Crippen LogP contribution in [0.2, 0.25) is 5.02 Å². The van der Waals surface area contributed by atoms with Gasteiger partial charge in [0, 0.05) is 18.9 Å². The molecule has 0 amide bonds. The summed E-state index contributed by atoms with van der Waals surface area (Å²) in [4.78, 5) is 4.14. The molecular formula is C12H13ClFN3. The van der Waals surface area contributed by atoms with Crippen molar-refractivity contribution in [3.8, 4) is 0 Å². The van der Waals surface area contributed by atoms with Gasteiger partial charge in [0.15, 0.2) is 0 Å². The number of imidazole rings is 1. The van der Waals surface area contributed by atoms with Gasteiger partial charge in [-0.05, 0) is 18.6 Å². The number of para-hydroxylation sites is 1. The highest BCUT2D eigenvalue weighted by Gasteiger charge is 2.09. The van der Waals surface area contributed by atoms with Crippen molar-refractivity contribution < 1.29 is 4.39 Å². The second-order valence-corrected chi connectivity index (χ2v) is 4.07. The third kappa shape index (κ3) is 2.58. The quantitative estimate of drug-likeness (QED) is 0.898. The van der Waals surface area contributed by atoms with Gasteiger partial charge >= 0.3 is 0 Å². The zero-order valence-corrected chi connectivity index (χ0v) is 10.2. The molecule has 90 valence electrons. The smallest absolute Gasteiger partial charge is 0.207 e. The molecule has 0 aliphatic heterocycles. The molecule has 3 nitrogen and oxygen atoms in total. The molecule has 1 aromatic heterocycles. The van der Waals surface area contributed by atoms with Crippen LogP contribution in [0.15, 0.2) is 30.6 Å². The number of hydrogen-bond acceptors (Lipinski definition) is 2. The maximum atomic E-state index is 13.6. The standard InChI is InChI=1S/C12H13ClFN3/c1-2-7-17-8-6-15-12(17)16-11-9(13)4-3-5-10(11)14/h3-6,8H,2,7H2,1H3,(H,15,16). The summed E-state index contributed by atoms with van der Waals surface area (Å²) in [6, 6.07) is 4.57. The molecule has 1 aromatic carbocycles. The molecule has 0 unspecified atom stereocenters. The first-order chi connectivity index (χ1) is 8.22. The molecule has 0 aliphatic carbocycles. The monoisotopic (exact) mass is 253 g/mol. The lowest BCUT2D eigenvalue weighted by Crippen LogP contribution is -2.04. The van der Waals surface area contributed by atoms with E-state index in [1.165, 1.54) is 6.07 Å². The molecule has 0 atom stereocenters. The minimum absolute atomic E-state index is 0.262. The molecule has 0 fully saturated rings. The number of nitrogens with one attached hydrogen (secondary N) is 1. The molecule has 0 saturated heterocycles. The molecule has 0 radical (unpaired) electrons. The lowest BCUT2D eigenvalue weighted by atomic mass is 10.3. The predicted molar refractivity (Wildman–Crippen MR) is 67.2 cm³/mol. The maximum absolute atomic E-state index is 13.6. The minimum atomic E-state index is -0.386. The van der Waals surface area contributed by atoms with Gasteiger partial charge in [0.05, 0.1) is 10.7 Å². The second-order valence-electron chi connectivity index (χ2n) is 3.67. The molecule has 1 N–H and O–H groups in total. The number of anilines is 2. The Bertz CT molecular complexity index is 490. The minimum Gasteiger partial charge on any atom is -0.322 e. The highest BCUT2D eigenvalue weighted by molar-refractivity contribution is 6.33. The summed E-state index contributed by atoms with van der Waals surface area (Å²) in [6.07, 6.45) is 4.50. The van der Waals surface area contributed by atoms with Crippen molar-refractivity contribution in [2.24, 2.45) is 0 Å². The van der Waals surface area contributed by atoms with E-state index in [9.17, 15) is 4.39 Å². The van der Waals surface area contributed by atoms with Crippen molar-refractivity contribution in [3.63, 3.8) is 0 Å². The SMILES string of the molecule is CCCn1ccnc1Nc1c(F)cccc1Cl. The summed E-state index contributed by atoms with van der Waals surface area (Å²) >= 11 is 5.94. The van der Waals surface area contributed by atoms with Gasteiger partial charge in [-0.2, -0.15) is 0 Å². The number of aryl methyl sites for hydroxylation is 1. The van der Waals surface area contributed by atoms with Crippen LogP contribution >= 0.6 is 11.6 Å². The van der Waals surface area contributed by atoms with Gasteiger partial charge < -0.3 is 9.88 Å². The Balaban J connectivity index is 2.28. The van der Waals surface area contributed by atoms with Gasteiger partial charge in [-0.3, -0.25) is 0 Å². The average Bonchev–Trinajstić information content (AvgIpc) is 2.72. The molecule has 0 aliphatic rings. The van der Waals surface area contributed by atoms with Crippen LogP contribution in [0.1, 0.15) is 13.3 Å². The number of benzene rings is 1. The summed E-state index contributed by atoms with van der Waals surface area (Å²) < 4.78 is 15.5. The largest absolute Gasteiger partial charge is 0.322 e. The van der Waals surface area contributed by atoms with Crippen molar-refractivity contribution in [2.75, 3.05) is 5.32 Å². The Morgan fingerprint density at radius 3 is 3.00 bits per heavy atom. The first-order valence-electron chi connectivity index (χ1n) is 5.44. The first kappa shape index (κ1) is 11.9. The number of nitrogens with zero attached hydrogens (tertiary/aromatic N) is 2. The molecule has 2 rings (SSSR count). The van der Waals surface area contributed by atoms with Gasteiger partial charge in [0.25, 0.3) is 0 Å². The molecule has 1 heterocycles. The normalized spacial score (nSPS) is 10.5. The maximum Gasteiger partial charge on any atom is 0.207 e. The van der Waals surface area contributed by atoms with E-state index in [2.05, 4.69) is 17.2 Å². The molecule has 0 saturated carbocycles. The van der Waals surface area contributed by atoms with E-state index in [1.54, 1.807) is 18.3 Å². The van der Waals surface area contributed by atoms with Crippen molar-refractivity contribution in [3.05, 3.63) is 41.4 Å². The van der Waals surface area contributed by atoms with E-state index in [0.29, 0.717) is 11.0 Å². The van der Waals surface area contributed by atoms with Crippen LogP contribution in [0.4, 0.5) is 16.0 Å². The molecule has 5 heteroatoms. The Kier molecular flexibility index (Phi) is 3.64. The Hall–Kier alpha value is -1.55. The summed E-state index contributed by atoms with van der Waals surface area (Å²) in [5.74, 6) is 0.211. The van der Waals surface area contributed by atoms with Crippen molar-refractivity contribution in [1.82, 2.24) is 9.55 Å². The molecule has 0 bridgehead atoms. The third-order valence-electron chi connectivity index (χ3n) is 2.38. The van der Waals surface area contributed by atoms with Crippen LogP contribution < -0.4 is 5.32 Å². The van der Waals surface area contributed by atoms with Crippen LogP contribution in [-0.2, 0) is 6.54 Å². The van der Waals surface area contributed by atoms with Gasteiger partial charge in [-0.1, -0.05) is 24.6 Å². The predicted octanol–water partition coefficient (Wildman–Crippen LogP) is 3.83. The second kappa shape index (κ2) is 5.19. The van der Waals surface area contributed by atoms with Crippen molar-refractivity contribution >= 4 is 23.2 Å². The van der Waals surface area contributed by atoms with E-state index < -0.39 is 0 Å². The van der Waals surface area contributed by atoms with Gasteiger partial charge in [-0.25, -0.2) is 9.37 Å². The van der Waals surface area contributed by atoms with E-state index in [0.717, 1.165) is 13.0 Å². The highest BCUT2D eigenvalue weighted by atomic mass is 35.5. The van der Waals surface area contributed by atoms with Crippen LogP contribution in [0.25, 0.3) is 0 Å². The number of halogens is 2. The summed E-state index contributed by atoms with van der Waals surface area (Å²) in [5, 5.41) is 3.26. The Morgan fingerprint density at radius 1 is 1.47 bits per heavy atom. The van der Waals surface area contributed by atoms with E-state index in [-0.39, 0.29) is 11.5 Å². The first-order valence-corrected chi connectivity index (χ1v) is 5.82. The fourth-order valence-corrected chi connectivity index (χ4v) is 1.79. The molecular weight excluding hydrogens is 241 g/mol. The number of aromatic nitrogens is 2. The zero-order chi connectivity index (χ0) is 12.3. The zero-order valence-electron chi connectivity index (χ0n) is 9.45. The van der Waals surface area contributed by atoms with E-state index >= 15 is 0 Å². The number of hydrogen-bond donors (Lipinski definition) is 1. The fraction of sp³-hybridized carbons (Fsp3) is 0.250. The lowest BCUT2D eigenvalue weighted by molar-refractivity contribution is 0.630. The summed E-state index contributed by atoms with van der Waals surface area (Å²) in [5.41, 5.74) is 0.262. The van der Waals surface area contributed by atoms with E-state index in [4.69, 9.17) is 11.6 Å². The highest BCUT2D eigenvalue weighted by Crippen LogP contribution is 2.27. The van der Waals surface area contributed by atoms with Crippen LogP contribution in [0, 0.1) is 5.82 Å². The van der Waals surface area contributed by atoms with E-state index in [1.807, 2.05) is 10.8 Å². The molecule has 2 aromatic rings. The van der Waals surface area contributed by atoms with Crippen LogP contribution in [-0.4, -0.2) is 9.55 Å². The van der Waals surface area contributed by atoms with Gasteiger partial charge in [0.1, 0.15) is 5.82 Å². The van der Waals surface area contributed by atoms with Crippen LogP contribution in [0.5, 0.6) is 0 Å². The summed E-state index contributed by atoms with van der Waals surface area (Å²) in [6.45, 7) is 2.90. The third-order valence-corrected chi connectivity index (χ3v) is 2.69. The van der Waals surface area contributed by atoms with Crippen molar-refractivity contribution in [2.45, 2.75) is 19.9 Å². The fourth-order valence-electron chi connectivity index (χ4n) is 1.58. The Labute approximate surface area is 104 Å². The van der Waals surface area contributed by atoms with Gasteiger partial charge in [0.2, 0.25) is 5.95 Å². The summed E-state index contributed by atoms with van der Waals surface area (Å²) in [7, 11) is 0. The Morgan fingerprint density at radius 2 is 2.29 bits per heavy atom. The molecule has 0 spiro atoms. The average molecular weight is 254 g/mol. The van der Waals surface area contributed by atoms with Gasteiger partial charge in [-0.15, -0.1) is 0 Å². The van der Waals surface area contributed by atoms with Crippen molar-refractivity contribution in [1.29, 1.82) is 0 Å². The topological polar surface area (TPSA) is 29.9 Å².